The smallest absolute Gasteiger partial charge is 0.245 e. The van der Waals surface area contributed by atoms with E-state index in [1.807, 2.05) is 35.7 Å². The molecule has 1 amide bonds. The van der Waals surface area contributed by atoms with Crippen LogP contribution in [0.1, 0.15) is 5.56 Å². The lowest BCUT2D eigenvalue weighted by Crippen LogP contribution is -2.31. The third-order valence-corrected chi connectivity index (χ3v) is 6.11. The molecule has 0 spiro atoms. The second-order valence-corrected chi connectivity index (χ2v) is 8.19. The number of hydrogen-bond donors (Lipinski definition) is 1. The maximum absolute atomic E-state index is 12.5. The van der Waals surface area contributed by atoms with Gasteiger partial charge in [-0.2, -0.15) is 0 Å². The minimum absolute atomic E-state index is 0.0352. The van der Waals surface area contributed by atoms with Crippen LogP contribution >= 0.6 is 11.3 Å². The number of rotatable bonds is 5. The summed E-state index contributed by atoms with van der Waals surface area (Å²) in [6, 6.07) is 26.9. The first-order valence-corrected chi connectivity index (χ1v) is 10.9. The predicted molar refractivity (Wildman–Crippen MR) is 124 cm³/mol. The summed E-state index contributed by atoms with van der Waals surface area (Å²) in [4.78, 5) is 19.3. The summed E-state index contributed by atoms with van der Waals surface area (Å²) in [7, 11) is 0. The average molecular weight is 412 g/mol. The standard InChI is InChI=1S/C25H21N3OS/c29-24(16-28-15-14-21-8-4-5-9-23(21)28)27-25-26-22(17-30-25)20-12-10-19(11-13-20)18-6-2-1-3-7-18/h1-13,17H,14-16H2,(H,26,27,29). The van der Waals surface area contributed by atoms with Crippen molar-refractivity contribution in [1.29, 1.82) is 0 Å². The van der Waals surface area contributed by atoms with Crippen LogP contribution in [-0.2, 0) is 11.2 Å². The second-order valence-electron chi connectivity index (χ2n) is 7.33. The number of anilines is 2. The Morgan fingerprint density at radius 3 is 2.43 bits per heavy atom. The maximum atomic E-state index is 12.5. The van der Waals surface area contributed by atoms with E-state index < -0.39 is 0 Å². The molecule has 0 atom stereocenters. The Morgan fingerprint density at radius 1 is 0.900 bits per heavy atom. The molecule has 3 aromatic carbocycles. The van der Waals surface area contributed by atoms with Crippen molar-refractivity contribution in [2.24, 2.45) is 0 Å². The number of fused-ring (bicyclic) bond motifs is 1. The zero-order chi connectivity index (χ0) is 20.3. The molecule has 30 heavy (non-hydrogen) atoms. The van der Waals surface area contributed by atoms with Crippen LogP contribution in [0.2, 0.25) is 0 Å². The van der Waals surface area contributed by atoms with Gasteiger partial charge in [0, 0.05) is 23.2 Å². The number of nitrogens with zero attached hydrogens (tertiary/aromatic N) is 2. The molecule has 0 fully saturated rings. The van der Waals surface area contributed by atoms with Gasteiger partial charge in [-0.25, -0.2) is 4.98 Å². The lowest BCUT2D eigenvalue weighted by atomic mass is 10.0. The molecule has 1 aromatic heterocycles. The van der Waals surface area contributed by atoms with Gasteiger partial charge in [-0.3, -0.25) is 4.79 Å². The normalized spacial score (nSPS) is 12.6. The zero-order valence-corrected chi connectivity index (χ0v) is 17.2. The number of amides is 1. The zero-order valence-electron chi connectivity index (χ0n) is 16.4. The van der Waals surface area contributed by atoms with E-state index >= 15 is 0 Å². The van der Waals surface area contributed by atoms with Crippen LogP contribution in [-0.4, -0.2) is 24.0 Å². The van der Waals surface area contributed by atoms with Gasteiger partial charge < -0.3 is 10.2 Å². The van der Waals surface area contributed by atoms with Crippen LogP contribution in [0.3, 0.4) is 0 Å². The summed E-state index contributed by atoms with van der Waals surface area (Å²) in [6.07, 6.45) is 0.990. The molecule has 1 N–H and O–H groups in total. The molecule has 4 aromatic rings. The summed E-state index contributed by atoms with van der Waals surface area (Å²) in [5, 5.41) is 5.57. The van der Waals surface area contributed by atoms with Gasteiger partial charge in [0.05, 0.1) is 12.2 Å². The molecule has 5 heteroatoms. The minimum Gasteiger partial charge on any atom is -0.362 e. The Morgan fingerprint density at radius 2 is 1.60 bits per heavy atom. The fourth-order valence-corrected chi connectivity index (χ4v) is 4.57. The number of aromatic nitrogens is 1. The van der Waals surface area contributed by atoms with Gasteiger partial charge in [0.15, 0.2) is 5.13 Å². The van der Waals surface area contributed by atoms with Crippen LogP contribution in [0.15, 0.2) is 84.2 Å². The van der Waals surface area contributed by atoms with E-state index in [1.165, 1.54) is 28.0 Å². The monoisotopic (exact) mass is 411 g/mol. The van der Waals surface area contributed by atoms with Gasteiger partial charge in [0.2, 0.25) is 5.91 Å². The highest BCUT2D eigenvalue weighted by molar-refractivity contribution is 7.14. The van der Waals surface area contributed by atoms with Crippen molar-refractivity contribution < 1.29 is 4.79 Å². The Hall–Kier alpha value is -3.44. The van der Waals surface area contributed by atoms with Crippen molar-refractivity contribution in [2.45, 2.75) is 6.42 Å². The summed E-state index contributed by atoms with van der Waals surface area (Å²) >= 11 is 1.46. The van der Waals surface area contributed by atoms with Crippen molar-refractivity contribution in [2.75, 3.05) is 23.3 Å². The van der Waals surface area contributed by atoms with Gasteiger partial charge in [0.1, 0.15) is 0 Å². The number of benzene rings is 3. The minimum atomic E-state index is -0.0352. The Kier molecular flexibility index (Phi) is 5.03. The number of hydrogen-bond acceptors (Lipinski definition) is 4. The van der Waals surface area contributed by atoms with Crippen molar-refractivity contribution in [1.82, 2.24) is 4.98 Å². The molecular weight excluding hydrogens is 390 g/mol. The number of para-hydroxylation sites is 1. The molecule has 0 saturated heterocycles. The van der Waals surface area contributed by atoms with E-state index in [1.54, 1.807) is 0 Å². The highest BCUT2D eigenvalue weighted by Crippen LogP contribution is 2.29. The van der Waals surface area contributed by atoms with Gasteiger partial charge in [-0.1, -0.05) is 72.8 Å². The largest absolute Gasteiger partial charge is 0.362 e. The maximum Gasteiger partial charge on any atom is 0.245 e. The molecule has 1 aliphatic heterocycles. The van der Waals surface area contributed by atoms with Crippen molar-refractivity contribution in [3.63, 3.8) is 0 Å². The number of thiazole rings is 1. The van der Waals surface area contributed by atoms with Crippen molar-refractivity contribution in [3.05, 3.63) is 89.8 Å². The molecule has 4 nitrogen and oxygen atoms in total. The summed E-state index contributed by atoms with van der Waals surface area (Å²) in [5.41, 5.74) is 6.75. The Balaban J connectivity index is 1.24. The first-order chi connectivity index (χ1) is 14.8. The topological polar surface area (TPSA) is 45.2 Å². The van der Waals surface area contributed by atoms with Crippen LogP contribution in [0.5, 0.6) is 0 Å². The van der Waals surface area contributed by atoms with Crippen LogP contribution < -0.4 is 10.2 Å². The number of carbonyl (C=O) groups is 1. The van der Waals surface area contributed by atoms with E-state index in [0.717, 1.165) is 29.9 Å². The van der Waals surface area contributed by atoms with Crippen molar-refractivity contribution >= 4 is 28.1 Å². The highest BCUT2D eigenvalue weighted by Gasteiger charge is 2.21. The van der Waals surface area contributed by atoms with Crippen LogP contribution in [0.4, 0.5) is 10.8 Å². The fraction of sp³-hybridized carbons (Fsp3) is 0.120. The Bertz CT molecular complexity index is 1170. The predicted octanol–water partition coefficient (Wildman–Crippen LogP) is 5.48. The molecular formula is C25H21N3OS. The lowest BCUT2D eigenvalue weighted by molar-refractivity contribution is -0.115. The first-order valence-electron chi connectivity index (χ1n) is 10.0. The van der Waals surface area contributed by atoms with Crippen molar-refractivity contribution in [3.8, 4) is 22.4 Å². The quantitative estimate of drug-likeness (QED) is 0.473. The van der Waals surface area contributed by atoms with E-state index in [4.69, 9.17) is 0 Å². The van der Waals surface area contributed by atoms with Gasteiger partial charge in [-0.15, -0.1) is 11.3 Å². The SMILES string of the molecule is O=C(CN1CCc2ccccc21)Nc1nc(-c2ccc(-c3ccccc3)cc2)cs1. The highest BCUT2D eigenvalue weighted by atomic mass is 32.1. The molecule has 0 aliphatic carbocycles. The summed E-state index contributed by atoms with van der Waals surface area (Å²) in [5.74, 6) is -0.0352. The first kappa shape index (κ1) is 18.6. The molecule has 5 rings (SSSR count). The van der Waals surface area contributed by atoms with Crippen LogP contribution in [0, 0.1) is 0 Å². The number of nitrogens with one attached hydrogen (secondary N) is 1. The molecule has 0 unspecified atom stereocenters. The van der Waals surface area contributed by atoms with Gasteiger partial charge in [0.25, 0.3) is 0 Å². The molecule has 0 radical (unpaired) electrons. The molecule has 148 valence electrons. The number of carbonyl (C=O) groups excluding carboxylic acids is 1. The summed E-state index contributed by atoms with van der Waals surface area (Å²) < 4.78 is 0. The average Bonchev–Trinajstić information content (AvgIpc) is 3.42. The molecule has 0 bridgehead atoms. The second kappa shape index (κ2) is 8.13. The van der Waals surface area contributed by atoms with E-state index in [9.17, 15) is 4.79 Å². The van der Waals surface area contributed by atoms with Gasteiger partial charge >= 0.3 is 0 Å². The molecule has 0 saturated carbocycles. The third kappa shape index (κ3) is 3.84. The van der Waals surface area contributed by atoms with Gasteiger partial charge in [-0.05, 0) is 29.2 Å². The Labute approximate surface area is 179 Å². The van der Waals surface area contributed by atoms with E-state index in [2.05, 4.69) is 63.7 Å². The summed E-state index contributed by atoms with van der Waals surface area (Å²) in [6.45, 7) is 1.22. The fourth-order valence-electron chi connectivity index (χ4n) is 3.83. The third-order valence-electron chi connectivity index (χ3n) is 5.36. The lowest BCUT2D eigenvalue weighted by Gasteiger charge is -2.18. The molecule has 1 aliphatic rings. The van der Waals surface area contributed by atoms with E-state index in [0.29, 0.717) is 11.7 Å². The molecule has 2 heterocycles. The van der Waals surface area contributed by atoms with Crippen LogP contribution in [0.25, 0.3) is 22.4 Å². The van der Waals surface area contributed by atoms with E-state index in [-0.39, 0.29) is 5.91 Å².